The van der Waals surface area contributed by atoms with E-state index in [2.05, 4.69) is 22.8 Å². The minimum Gasteiger partial charge on any atom is -0.384 e. The average molecular weight is 285 g/mol. The van der Waals surface area contributed by atoms with Crippen LogP contribution in [-0.4, -0.2) is 43.5 Å². The maximum Gasteiger partial charge on any atom is 0.253 e. The van der Waals surface area contributed by atoms with Crippen LogP contribution >= 0.6 is 0 Å². The Bertz CT molecular complexity index is 553. The van der Waals surface area contributed by atoms with E-state index >= 15 is 0 Å². The lowest BCUT2D eigenvalue weighted by Crippen LogP contribution is -2.44. The van der Waals surface area contributed by atoms with Gasteiger partial charge in [-0.25, -0.2) is 0 Å². The van der Waals surface area contributed by atoms with Crippen molar-refractivity contribution in [1.29, 1.82) is 0 Å². The van der Waals surface area contributed by atoms with Crippen LogP contribution in [0.4, 0.5) is 5.69 Å². The molecule has 4 rings (SSSR count). The molecule has 2 saturated heterocycles. The van der Waals surface area contributed by atoms with Gasteiger partial charge in [0.05, 0.1) is 0 Å². The van der Waals surface area contributed by atoms with Crippen molar-refractivity contribution in [3.63, 3.8) is 0 Å². The standard InChI is InChI=1S/C17H23N3O/c21-16(14-1-2-15-13(11-14)3-7-19-15)20-9-5-17(6-10-20)4-8-18-12-17/h1-2,11,18-19H,3-10,12H2. The molecular weight excluding hydrogens is 262 g/mol. The monoisotopic (exact) mass is 285 g/mol. The topological polar surface area (TPSA) is 44.4 Å². The van der Waals surface area contributed by atoms with Crippen molar-refractivity contribution < 1.29 is 4.79 Å². The molecule has 1 spiro atoms. The molecule has 0 atom stereocenters. The molecule has 0 aliphatic carbocycles. The second-order valence-electron chi connectivity index (χ2n) is 6.77. The summed E-state index contributed by atoms with van der Waals surface area (Å²) in [6, 6.07) is 6.11. The third-order valence-electron chi connectivity index (χ3n) is 5.51. The highest BCUT2D eigenvalue weighted by Crippen LogP contribution is 2.37. The number of anilines is 1. The molecule has 2 N–H and O–H groups in total. The van der Waals surface area contributed by atoms with Crippen LogP contribution in [0.3, 0.4) is 0 Å². The number of amides is 1. The number of piperidine rings is 1. The number of rotatable bonds is 1. The van der Waals surface area contributed by atoms with E-state index in [1.807, 2.05) is 11.0 Å². The highest BCUT2D eigenvalue weighted by atomic mass is 16.2. The van der Waals surface area contributed by atoms with Gasteiger partial charge in [0.1, 0.15) is 0 Å². The van der Waals surface area contributed by atoms with Gasteiger partial charge < -0.3 is 15.5 Å². The Balaban J connectivity index is 1.46. The van der Waals surface area contributed by atoms with Gasteiger partial charge in [0, 0.05) is 37.4 Å². The lowest BCUT2D eigenvalue weighted by molar-refractivity contribution is 0.0607. The van der Waals surface area contributed by atoms with E-state index in [-0.39, 0.29) is 5.91 Å². The van der Waals surface area contributed by atoms with Crippen LogP contribution in [-0.2, 0) is 6.42 Å². The van der Waals surface area contributed by atoms with Gasteiger partial charge in [-0.3, -0.25) is 4.79 Å². The van der Waals surface area contributed by atoms with E-state index < -0.39 is 0 Å². The van der Waals surface area contributed by atoms with Crippen LogP contribution < -0.4 is 10.6 Å². The third kappa shape index (κ3) is 2.31. The number of nitrogens with one attached hydrogen (secondary N) is 2. The van der Waals surface area contributed by atoms with Gasteiger partial charge in [-0.05, 0) is 61.4 Å². The number of carbonyl (C=O) groups excluding carboxylic acids is 1. The van der Waals surface area contributed by atoms with Crippen molar-refractivity contribution >= 4 is 11.6 Å². The van der Waals surface area contributed by atoms with Crippen molar-refractivity contribution in [3.8, 4) is 0 Å². The van der Waals surface area contributed by atoms with Gasteiger partial charge >= 0.3 is 0 Å². The summed E-state index contributed by atoms with van der Waals surface area (Å²) in [6.45, 7) is 5.10. The number of nitrogens with zero attached hydrogens (tertiary/aromatic N) is 1. The van der Waals surface area contributed by atoms with Crippen molar-refractivity contribution in [2.45, 2.75) is 25.7 Å². The molecule has 112 valence electrons. The highest BCUT2D eigenvalue weighted by Gasteiger charge is 2.38. The van der Waals surface area contributed by atoms with Crippen molar-refractivity contribution in [1.82, 2.24) is 10.2 Å². The molecule has 0 saturated carbocycles. The van der Waals surface area contributed by atoms with Crippen LogP contribution in [0.2, 0.25) is 0 Å². The molecule has 1 amide bonds. The van der Waals surface area contributed by atoms with Crippen LogP contribution in [0.15, 0.2) is 18.2 Å². The molecule has 1 aromatic rings. The molecule has 3 aliphatic heterocycles. The fraction of sp³-hybridized carbons (Fsp3) is 0.588. The van der Waals surface area contributed by atoms with E-state index in [1.54, 1.807) is 0 Å². The Hall–Kier alpha value is -1.55. The van der Waals surface area contributed by atoms with Crippen molar-refractivity contribution in [2.24, 2.45) is 5.41 Å². The lowest BCUT2D eigenvalue weighted by atomic mass is 9.78. The Labute approximate surface area is 125 Å². The number of hydrogen-bond acceptors (Lipinski definition) is 3. The minimum absolute atomic E-state index is 0.213. The number of fused-ring (bicyclic) bond motifs is 1. The van der Waals surface area contributed by atoms with E-state index in [9.17, 15) is 4.79 Å². The van der Waals surface area contributed by atoms with Crippen molar-refractivity contribution in [2.75, 3.05) is 38.0 Å². The normalized spacial score (nSPS) is 23.1. The maximum absolute atomic E-state index is 12.7. The summed E-state index contributed by atoms with van der Waals surface area (Å²) in [5.74, 6) is 0.213. The van der Waals surface area contributed by atoms with Gasteiger partial charge in [0.25, 0.3) is 5.91 Å². The first-order chi connectivity index (χ1) is 10.3. The van der Waals surface area contributed by atoms with Gasteiger partial charge in [-0.2, -0.15) is 0 Å². The molecule has 0 radical (unpaired) electrons. The first-order valence-corrected chi connectivity index (χ1v) is 8.13. The Morgan fingerprint density at radius 2 is 2.00 bits per heavy atom. The summed E-state index contributed by atoms with van der Waals surface area (Å²) in [7, 11) is 0. The molecule has 21 heavy (non-hydrogen) atoms. The average Bonchev–Trinajstić information content (AvgIpc) is 3.16. The van der Waals surface area contributed by atoms with Crippen LogP contribution in [0.5, 0.6) is 0 Å². The largest absolute Gasteiger partial charge is 0.384 e. The Kier molecular flexibility index (Phi) is 3.14. The SMILES string of the molecule is O=C(c1ccc2c(c1)CCN2)N1CCC2(CCNC2)CC1. The minimum atomic E-state index is 0.213. The van der Waals surface area contributed by atoms with Crippen LogP contribution in [0.1, 0.15) is 35.2 Å². The fourth-order valence-electron chi connectivity index (χ4n) is 4.03. The molecular formula is C17H23N3O. The molecule has 2 fully saturated rings. The smallest absolute Gasteiger partial charge is 0.253 e. The van der Waals surface area contributed by atoms with Gasteiger partial charge in [-0.1, -0.05) is 0 Å². The maximum atomic E-state index is 12.7. The second-order valence-corrected chi connectivity index (χ2v) is 6.77. The van der Waals surface area contributed by atoms with Gasteiger partial charge in [0.15, 0.2) is 0 Å². The van der Waals surface area contributed by atoms with Gasteiger partial charge in [0.2, 0.25) is 0 Å². The summed E-state index contributed by atoms with van der Waals surface area (Å²) in [5.41, 5.74) is 3.81. The zero-order chi connectivity index (χ0) is 14.3. The summed E-state index contributed by atoms with van der Waals surface area (Å²) in [5, 5.41) is 6.82. The first-order valence-electron chi connectivity index (χ1n) is 8.13. The second kappa shape index (κ2) is 5.02. The Morgan fingerprint density at radius 3 is 2.76 bits per heavy atom. The summed E-state index contributed by atoms with van der Waals surface area (Å²) in [4.78, 5) is 14.7. The summed E-state index contributed by atoms with van der Waals surface area (Å²) < 4.78 is 0. The molecule has 1 aromatic carbocycles. The van der Waals surface area contributed by atoms with Crippen LogP contribution in [0, 0.1) is 5.41 Å². The third-order valence-corrected chi connectivity index (χ3v) is 5.51. The number of carbonyl (C=O) groups is 1. The predicted octanol–water partition coefficient (Wildman–Crippen LogP) is 1.87. The molecule has 0 unspecified atom stereocenters. The Morgan fingerprint density at radius 1 is 1.14 bits per heavy atom. The van der Waals surface area contributed by atoms with E-state index in [4.69, 9.17) is 0 Å². The van der Waals surface area contributed by atoms with Crippen LogP contribution in [0.25, 0.3) is 0 Å². The van der Waals surface area contributed by atoms with Gasteiger partial charge in [-0.15, -0.1) is 0 Å². The first kappa shape index (κ1) is 13.1. The van der Waals surface area contributed by atoms with E-state index in [1.165, 1.54) is 17.7 Å². The number of hydrogen-bond donors (Lipinski definition) is 2. The lowest BCUT2D eigenvalue weighted by Gasteiger charge is -2.39. The molecule has 4 heteroatoms. The predicted molar refractivity (Wildman–Crippen MR) is 83.7 cm³/mol. The zero-order valence-corrected chi connectivity index (χ0v) is 12.5. The fourth-order valence-corrected chi connectivity index (χ4v) is 4.03. The molecule has 3 heterocycles. The zero-order valence-electron chi connectivity index (χ0n) is 12.5. The number of benzene rings is 1. The number of likely N-dealkylation sites (tertiary alicyclic amines) is 1. The van der Waals surface area contributed by atoms with Crippen molar-refractivity contribution in [3.05, 3.63) is 29.3 Å². The molecule has 0 aromatic heterocycles. The molecule has 4 nitrogen and oxygen atoms in total. The summed E-state index contributed by atoms with van der Waals surface area (Å²) >= 11 is 0. The van der Waals surface area contributed by atoms with E-state index in [0.717, 1.165) is 57.5 Å². The highest BCUT2D eigenvalue weighted by molar-refractivity contribution is 5.95. The molecule has 3 aliphatic rings. The quantitative estimate of drug-likeness (QED) is 0.828. The summed E-state index contributed by atoms with van der Waals surface area (Å²) in [6.07, 6.45) is 4.61. The van der Waals surface area contributed by atoms with E-state index in [0.29, 0.717) is 5.41 Å². The molecule has 0 bridgehead atoms.